The van der Waals surface area contributed by atoms with Crippen LogP contribution in [0, 0.1) is 50.7 Å². The van der Waals surface area contributed by atoms with Crippen molar-refractivity contribution in [2.24, 2.45) is 50.7 Å². The van der Waals surface area contributed by atoms with E-state index in [1.165, 1.54) is 25.7 Å². The van der Waals surface area contributed by atoms with Gasteiger partial charge in [0.15, 0.2) is 6.29 Å². The lowest BCUT2D eigenvalue weighted by Crippen LogP contribution is -2.60. The quantitative estimate of drug-likeness (QED) is 0.394. The number of ether oxygens (including phenoxy) is 4. The van der Waals surface area contributed by atoms with Crippen LogP contribution < -0.4 is 0 Å². The van der Waals surface area contributed by atoms with Crippen molar-refractivity contribution in [3.8, 4) is 0 Å². The first kappa shape index (κ1) is 32.9. The molecule has 0 radical (unpaired) electrons. The zero-order chi connectivity index (χ0) is 32.7. The summed E-state index contributed by atoms with van der Waals surface area (Å²) < 4.78 is 25.5. The van der Waals surface area contributed by atoms with Crippen molar-refractivity contribution in [1.29, 1.82) is 0 Å². The number of hydrogen-bond acceptors (Lipinski definition) is 8. The molecule has 3 N–H and O–H groups in total. The fourth-order valence-corrected chi connectivity index (χ4v) is 14.3. The molecule has 8 rings (SSSR count). The zero-order valence-corrected chi connectivity index (χ0v) is 29.7. The summed E-state index contributed by atoms with van der Waals surface area (Å²) in [7, 11) is 0. The van der Waals surface area contributed by atoms with Crippen LogP contribution in [0.1, 0.15) is 106 Å². The molecule has 5 unspecified atom stereocenters. The lowest BCUT2D eigenvalue weighted by atomic mass is 9.41. The summed E-state index contributed by atoms with van der Waals surface area (Å²) >= 11 is 0. The highest BCUT2D eigenvalue weighted by atomic mass is 16.7. The van der Waals surface area contributed by atoms with Gasteiger partial charge in [-0.2, -0.15) is 0 Å². The van der Waals surface area contributed by atoms with E-state index in [0.717, 1.165) is 65.0 Å². The van der Waals surface area contributed by atoms with Crippen LogP contribution in [0.5, 0.6) is 0 Å². The second kappa shape index (κ2) is 10.6. The number of rotatable bonds is 5. The largest absolute Gasteiger partial charge is 0.390 e. The van der Waals surface area contributed by atoms with E-state index in [9.17, 15) is 15.3 Å². The molecule has 8 aliphatic rings. The molecular weight excluding hydrogens is 582 g/mol. The predicted octanol–water partition coefficient (Wildman–Crippen LogP) is 4.76. The van der Waals surface area contributed by atoms with Gasteiger partial charge in [0.1, 0.15) is 6.10 Å². The van der Waals surface area contributed by atoms with E-state index < -0.39 is 23.9 Å². The molecule has 0 amide bonds. The Hall–Kier alpha value is -0.320. The average Bonchev–Trinajstić information content (AvgIpc) is 3.26. The molecule has 0 aromatic rings. The van der Waals surface area contributed by atoms with Crippen LogP contribution in [0.2, 0.25) is 0 Å². The monoisotopic (exact) mass is 645 g/mol. The Balaban J connectivity index is 1.02. The fourth-order valence-electron chi connectivity index (χ4n) is 14.3. The van der Waals surface area contributed by atoms with Gasteiger partial charge in [-0.25, -0.2) is 0 Å². The van der Waals surface area contributed by atoms with Crippen molar-refractivity contribution in [1.82, 2.24) is 4.90 Å². The van der Waals surface area contributed by atoms with Crippen LogP contribution in [0.3, 0.4) is 0 Å². The molecule has 2 spiro atoms. The first-order valence-corrected chi connectivity index (χ1v) is 18.9. The van der Waals surface area contributed by atoms with E-state index in [0.29, 0.717) is 29.2 Å². The van der Waals surface area contributed by atoms with Crippen LogP contribution in [0.25, 0.3) is 0 Å². The Labute approximate surface area is 277 Å². The molecule has 5 aliphatic carbocycles. The van der Waals surface area contributed by atoms with Crippen LogP contribution >= 0.6 is 0 Å². The maximum absolute atomic E-state index is 12.4. The number of fused-ring (bicyclic) bond motifs is 4. The normalized spacial score (nSPS) is 55.4. The number of aliphatic hydroxyl groups excluding tert-OH is 2. The number of nitrogens with zero attached hydrogens (tertiary/aromatic N) is 1. The van der Waals surface area contributed by atoms with E-state index in [1.54, 1.807) is 13.8 Å². The van der Waals surface area contributed by atoms with E-state index in [4.69, 9.17) is 18.9 Å². The number of hydrogen-bond donors (Lipinski definition) is 3. The van der Waals surface area contributed by atoms with Gasteiger partial charge in [-0.3, -0.25) is 4.90 Å². The molecule has 8 heteroatoms. The van der Waals surface area contributed by atoms with Gasteiger partial charge in [0, 0.05) is 31.2 Å². The SMILES string of the molecule is C[C@@H]1CC([C@H](O)C(C)(C)O)OC2C1[C@@]1(C)CC[C@@]34C[C@@]35CC[C@H](OC3CN(C6CCOC6)CCO3)C(C)(C)[C@@H]5CC[C@H]4[C@]1(C)[C@H]2O. The van der Waals surface area contributed by atoms with Crippen molar-refractivity contribution in [2.45, 2.75) is 155 Å². The third-order valence-corrected chi connectivity index (χ3v) is 16.6. The topological polar surface area (TPSA) is 101 Å². The summed E-state index contributed by atoms with van der Waals surface area (Å²) in [4.78, 5) is 2.53. The van der Waals surface area contributed by atoms with E-state index in [2.05, 4.69) is 39.5 Å². The molecule has 46 heavy (non-hydrogen) atoms. The average molecular weight is 646 g/mol. The summed E-state index contributed by atoms with van der Waals surface area (Å²) in [6, 6.07) is 0.498. The van der Waals surface area contributed by atoms with E-state index >= 15 is 0 Å². The predicted molar refractivity (Wildman–Crippen MR) is 174 cm³/mol. The molecule has 0 bridgehead atoms. The van der Waals surface area contributed by atoms with Gasteiger partial charge in [0.05, 0.1) is 43.2 Å². The van der Waals surface area contributed by atoms with Gasteiger partial charge in [-0.1, -0.05) is 34.6 Å². The molecule has 3 heterocycles. The highest BCUT2D eigenvalue weighted by Gasteiger charge is 2.84. The third kappa shape index (κ3) is 4.26. The molecule has 3 saturated heterocycles. The molecule has 262 valence electrons. The maximum Gasteiger partial charge on any atom is 0.170 e. The van der Waals surface area contributed by atoms with Gasteiger partial charge >= 0.3 is 0 Å². The standard InChI is InChI=1S/C38H63NO7/c1-22-18-24(31(40)34(4,5)42)45-30-29(22)35(6)13-14-38-21-37(38)12-10-27(46-28-19-39(15-17-44-28)23-11-16-43-20-23)33(2,3)25(37)8-9-26(38)36(35,7)32(30)41/h22-32,40-42H,8-21H2,1-7H3/t22-,23?,24?,25+,26+,27+,28?,29?,30?,31+,32+,35-,36-,37-,38+/m1/s1. The first-order valence-electron chi connectivity index (χ1n) is 18.9. The molecular formula is C38H63NO7. The van der Waals surface area contributed by atoms with Gasteiger partial charge < -0.3 is 34.3 Å². The van der Waals surface area contributed by atoms with E-state index in [1.807, 2.05) is 0 Å². The lowest BCUT2D eigenvalue weighted by Gasteiger charge is -2.64. The van der Waals surface area contributed by atoms with Crippen LogP contribution in [0.4, 0.5) is 0 Å². The van der Waals surface area contributed by atoms with E-state index in [-0.39, 0.29) is 46.1 Å². The lowest BCUT2D eigenvalue weighted by molar-refractivity contribution is -0.251. The molecule has 8 fully saturated rings. The number of aliphatic hydroxyl groups is 3. The second-order valence-corrected chi connectivity index (χ2v) is 19.1. The third-order valence-electron chi connectivity index (χ3n) is 16.6. The van der Waals surface area contributed by atoms with Gasteiger partial charge in [-0.15, -0.1) is 0 Å². The van der Waals surface area contributed by atoms with Gasteiger partial charge in [0.25, 0.3) is 0 Å². The van der Waals surface area contributed by atoms with Crippen LogP contribution in [0.15, 0.2) is 0 Å². The van der Waals surface area contributed by atoms with Crippen molar-refractivity contribution >= 4 is 0 Å². The molecule has 5 saturated carbocycles. The highest BCUT2D eigenvalue weighted by molar-refractivity contribution is 5.33. The number of morpholine rings is 1. The molecule has 0 aromatic heterocycles. The molecule has 0 aromatic carbocycles. The van der Waals surface area contributed by atoms with Crippen molar-refractivity contribution in [3.63, 3.8) is 0 Å². The van der Waals surface area contributed by atoms with Crippen molar-refractivity contribution < 1.29 is 34.3 Å². The summed E-state index contributed by atoms with van der Waals surface area (Å²) in [5.41, 5.74) is -0.804. The Morgan fingerprint density at radius 2 is 1.70 bits per heavy atom. The van der Waals surface area contributed by atoms with Crippen LogP contribution in [-0.4, -0.2) is 102 Å². The van der Waals surface area contributed by atoms with Gasteiger partial charge in [-0.05, 0) is 117 Å². The first-order chi connectivity index (χ1) is 21.6. The summed E-state index contributed by atoms with van der Waals surface area (Å²) in [5, 5.41) is 34.1. The second-order valence-electron chi connectivity index (χ2n) is 19.1. The summed E-state index contributed by atoms with van der Waals surface area (Å²) in [5.74, 6) is 1.66. The Morgan fingerprint density at radius 3 is 2.41 bits per heavy atom. The van der Waals surface area contributed by atoms with Crippen molar-refractivity contribution in [3.05, 3.63) is 0 Å². The minimum atomic E-state index is -1.24. The Morgan fingerprint density at radius 1 is 0.957 bits per heavy atom. The Kier molecular flexibility index (Phi) is 7.57. The smallest absolute Gasteiger partial charge is 0.170 e. The summed E-state index contributed by atoms with van der Waals surface area (Å²) in [6.07, 6.45) is 7.91. The molecule has 8 nitrogen and oxygen atoms in total. The molecule has 15 atom stereocenters. The zero-order valence-electron chi connectivity index (χ0n) is 29.7. The Bertz CT molecular complexity index is 1180. The fraction of sp³-hybridized carbons (Fsp3) is 1.00. The van der Waals surface area contributed by atoms with Crippen molar-refractivity contribution in [2.75, 3.05) is 32.9 Å². The minimum absolute atomic E-state index is 0.0158. The van der Waals surface area contributed by atoms with Crippen LogP contribution in [-0.2, 0) is 18.9 Å². The summed E-state index contributed by atoms with van der Waals surface area (Å²) in [6.45, 7) is 19.7. The molecule has 3 aliphatic heterocycles. The maximum atomic E-state index is 12.4. The minimum Gasteiger partial charge on any atom is -0.390 e. The van der Waals surface area contributed by atoms with Gasteiger partial charge in [0.2, 0.25) is 0 Å². The highest BCUT2D eigenvalue weighted by Crippen LogP contribution is 2.89.